The first-order valence-corrected chi connectivity index (χ1v) is 7.63. The van der Waals surface area contributed by atoms with Crippen LogP contribution >= 0.6 is 15.9 Å². The van der Waals surface area contributed by atoms with Crippen molar-refractivity contribution in [1.29, 1.82) is 0 Å². The van der Waals surface area contributed by atoms with Crippen LogP contribution in [-0.2, 0) is 6.61 Å². The minimum absolute atomic E-state index is 0.581. The highest BCUT2D eigenvalue weighted by Crippen LogP contribution is 2.22. The topological polar surface area (TPSA) is 9.23 Å². The van der Waals surface area contributed by atoms with Gasteiger partial charge in [0.05, 0.1) is 0 Å². The van der Waals surface area contributed by atoms with Gasteiger partial charge in [-0.3, -0.25) is 0 Å². The van der Waals surface area contributed by atoms with E-state index in [1.54, 1.807) is 0 Å². The van der Waals surface area contributed by atoms with Gasteiger partial charge in [0.15, 0.2) is 0 Å². The molecule has 0 aromatic heterocycles. The number of ether oxygens (including phenoxy) is 1. The highest BCUT2D eigenvalue weighted by Gasteiger charge is 1.99. The molecule has 0 atom stereocenters. The highest BCUT2D eigenvalue weighted by molar-refractivity contribution is 9.10. The molecule has 3 aromatic carbocycles. The minimum Gasteiger partial charge on any atom is -0.489 e. The smallest absolute Gasteiger partial charge is 0.119 e. The van der Waals surface area contributed by atoms with Crippen molar-refractivity contribution in [3.8, 4) is 16.9 Å². The number of benzene rings is 3. The van der Waals surface area contributed by atoms with Crippen LogP contribution in [0.1, 0.15) is 5.56 Å². The van der Waals surface area contributed by atoms with Gasteiger partial charge >= 0.3 is 0 Å². The third-order valence-electron chi connectivity index (χ3n) is 3.28. The standard InChI is InChI=1S/C19H15BrO/c20-18-10-6-15(7-11-18)14-21-19-12-8-17(9-13-19)16-4-2-1-3-5-16/h1-13H,14H2. The molecule has 21 heavy (non-hydrogen) atoms. The lowest BCUT2D eigenvalue weighted by molar-refractivity contribution is 0.306. The normalized spacial score (nSPS) is 10.3. The molecule has 0 bridgehead atoms. The molecule has 0 aliphatic rings. The van der Waals surface area contributed by atoms with Gasteiger partial charge in [0, 0.05) is 4.47 Å². The lowest BCUT2D eigenvalue weighted by Gasteiger charge is -2.08. The molecule has 0 saturated heterocycles. The van der Waals surface area contributed by atoms with E-state index in [1.807, 2.05) is 42.5 Å². The largest absolute Gasteiger partial charge is 0.489 e. The Morgan fingerprint density at radius 1 is 0.667 bits per heavy atom. The molecule has 0 spiro atoms. The minimum atomic E-state index is 0.581. The Hall–Kier alpha value is -2.06. The van der Waals surface area contributed by atoms with Crippen molar-refractivity contribution in [2.75, 3.05) is 0 Å². The van der Waals surface area contributed by atoms with E-state index in [2.05, 4.69) is 52.3 Å². The van der Waals surface area contributed by atoms with Crippen LogP contribution in [0.25, 0.3) is 11.1 Å². The fourth-order valence-electron chi connectivity index (χ4n) is 2.12. The predicted octanol–water partition coefficient (Wildman–Crippen LogP) is 5.70. The van der Waals surface area contributed by atoms with Crippen molar-refractivity contribution in [2.24, 2.45) is 0 Å². The molecule has 0 unspecified atom stereocenters. The quantitative estimate of drug-likeness (QED) is 0.593. The van der Waals surface area contributed by atoms with E-state index in [0.29, 0.717) is 6.61 Å². The van der Waals surface area contributed by atoms with Crippen LogP contribution in [-0.4, -0.2) is 0 Å². The van der Waals surface area contributed by atoms with Crippen molar-refractivity contribution < 1.29 is 4.74 Å². The summed E-state index contributed by atoms with van der Waals surface area (Å²) in [5.41, 5.74) is 3.58. The second-order valence-electron chi connectivity index (χ2n) is 4.81. The number of rotatable bonds is 4. The lowest BCUT2D eigenvalue weighted by Crippen LogP contribution is -1.94. The van der Waals surface area contributed by atoms with Crippen LogP contribution in [0, 0.1) is 0 Å². The summed E-state index contributed by atoms with van der Waals surface area (Å²) in [4.78, 5) is 0. The molecule has 1 nitrogen and oxygen atoms in total. The van der Waals surface area contributed by atoms with Crippen LogP contribution in [0.5, 0.6) is 5.75 Å². The molecule has 104 valence electrons. The fraction of sp³-hybridized carbons (Fsp3) is 0.0526. The predicted molar refractivity (Wildman–Crippen MR) is 90.4 cm³/mol. The molecule has 0 fully saturated rings. The van der Waals surface area contributed by atoms with Gasteiger partial charge in [-0.15, -0.1) is 0 Å². The molecule has 0 aliphatic heterocycles. The summed E-state index contributed by atoms with van der Waals surface area (Å²) in [5.74, 6) is 0.887. The summed E-state index contributed by atoms with van der Waals surface area (Å²) in [6, 6.07) is 26.7. The molecular weight excluding hydrogens is 324 g/mol. The second kappa shape index (κ2) is 6.59. The Morgan fingerprint density at radius 3 is 1.95 bits per heavy atom. The molecule has 3 aromatic rings. The molecular formula is C19H15BrO. The van der Waals surface area contributed by atoms with Crippen molar-refractivity contribution >= 4 is 15.9 Å². The summed E-state index contributed by atoms with van der Waals surface area (Å²) in [6.45, 7) is 0.581. The number of hydrogen-bond acceptors (Lipinski definition) is 1. The molecule has 0 saturated carbocycles. The van der Waals surface area contributed by atoms with E-state index in [4.69, 9.17) is 4.74 Å². The molecule has 2 heteroatoms. The van der Waals surface area contributed by atoms with Gasteiger partial charge < -0.3 is 4.74 Å². The van der Waals surface area contributed by atoms with Crippen LogP contribution in [0.4, 0.5) is 0 Å². The Morgan fingerprint density at radius 2 is 1.29 bits per heavy atom. The Kier molecular flexibility index (Phi) is 4.37. The third kappa shape index (κ3) is 3.73. The Balaban J connectivity index is 1.66. The summed E-state index contributed by atoms with van der Waals surface area (Å²) < 4.78 is 6.89. The number of halogens is 1. The van der Waals surface area contributed by atoms with E-state index in [9.17, 15) is 0 Å². The average molecular weight is 339 g/mol. The van der Waals surface area contributed by atoms with E-state index < -0.39 is 0 Å². The summed E-state index contributed by atoms with van der Waals surface area (Å²) in [7, 11) is 0. The van der Waals surface area contributed by atoms with E-state index >= 15 is 0 Å². The maximum Gasteiger partial charge on any atom is 0.119 e. The van der Waals surface area contributed by atoms with Gasteiger partial charge in [-0.05, 0) is 41.0 Å². The third-order valence-corrected chi connectivity index (χ3v) is 3.81. The highest BCUT2D eigenvalue weighted by atomic mass is 79.9. The molecule has 0 N–H and O–H groups in total. The van der Waals surface area contributed by atoms with E-state index in [-0.39, 0.29) is 0 Å². The van der Waals surface area contributed by atoms with Crippen LogP contribution in [0.2, 0.25) is 0 Å². The first-order valence-electron chi connectivity index (χ1n) is 6.84. The maximum absolute atomic E-state index is 5.81. The van der Waals surface area contributed by atoms with Gasteiger partial charge in [-0.2, -0.15) is 0 Å². The van der Waals surface area contributed by atoms with Gasteiger partial charge in [0.2, 0.25) is 0 Å². The van der Waals surface area contributed by atoms with E-state index in [1.165, 1.54) is 11.1 Å². The monoisotopic (exact) mass is 338 g/mol. The van der Waals surface area contributed by atoms with Crippen molar-refractivity contribution in [3.63, 3.8) is 0 Å². The van der Waals surface area contributed by atoms with Crippen molar-refractivity contribution in [3.05, 3.63) is 88.9 Å². The summed E-state index contributed by atoms with van der Waals surface area (Å²) in [5, 5.41) is 0. The SMILES string of the molecule is Brc1ccc(COc2ccc(-c3ccccc3)cc2)cc1. The fourth-order valence-corrected chi connectivity index (χ4v) is 2.39. The first kappa shape index (κ1) is 13.9. The zero-order chi connectivity index (χ0) is 14.5. The van der Waals surface area contributed by atoms with E-state index in [0.717, 1.165) is 15.8 Å². The van der Waals surface area contributed by atoms with Crippen LogP contribution in [0.15, 0.2) is 83.3 Å². The molecule has 0 heterocycles. The van der Waals surface area contributed by atoms with Crippen LogP contribution in [0.3, 0.4) is 0 Å². The van der Waals surface area contributed by atoms with Gasteiger partial charge in [0.1, 0.15) is 12.4 Å². The van der Waals surface area contributed by atoms with Gasteiger partial charge in [0.25, 0.3) is 0 Å². The Labute approximate surface area is 133 Å². The average Bonchev–Trinajstić information content (AvgIpc) is 2.56. The summed E-state index contributed by atoms with van der Waals surface area (Å²) >= 11 is 3.43. The zero-order valence-electron chi connectivity index (χ0n) is 11.5. The molecule has 3 rings (SSSR count). The zero-order valence-corrected chi connectivity index (χ0v) is 13.1. The van der Waals surface area contributed by atoms with Crippen LogP contribution < -0.4 is 4.74 Å². The maximum atomic E-state index is 5.81. The molecule has 0 radical (unpaired) electrons. The van der Waals surface area contributed by atoms with Crippen molar-refractivity contribution in [1.82, 2.24) is 0 Å². The molecule has 0 aliphatic carbocycles. The van der Waals surface area contributed by atoms with Crippen molar-refractivity contribution in [2.45, 2.75) is 6.61 Å². The summed E-state index contributed by atoms with van der Waals surface area (Å²) in [6.07, 6.45) is 0. The van der Waals surface area contributed by atoms with Gasteiger partial charge in [-0.1, -0.05) is 70.5 Å². The first-order chi connectivity index (χ1) is 10.3. The molecule has 0 amide bonds. The lowest BCUT2D eigenvalue weighted by atomic mass is 10.1. The second-order valence-corrected chi connectivity index (χ2v) is 5.72. The number of hydrogen-bond donors (Lipinski definition) is 0. The van der Waals surface area contributed by atoms with Gasteiger partial charge in [-0.25, -0.2) is 0 Å². The Bertz CT molecular complexity index is 688.